The highest BCUT2D eigenvalue weighted by molar-refractivity contribution is 5.99. The molecule has 1 aliphatic heterocycles. The zero-order valence-electron chi connectivity index (χ0n) is 19.2. The van der Waals surface area contributed by atoms with E-state index in [1.165, 1.54) is 10.8 Å². The summed E-state index contributed by atoms with van der Waals surface area (Å²) in [7, 11) is 0. The van der Waals surface area contributed by atoms with Crippen LogP contribution in [0.1, 0.15) is 42.4 Å². The van der Waals surface area contributed by atoms with Crippen molar-refractivity contribution in [3.63, 3.8) is 0 Å². The van der Waals surface area contributed by atoms with Crippen LogP contribution in [0.3, 0.4) is 0 Å². The third kappa shape index (κ3) is 4.31. The summed E-state index contributed by atoms with van der Waals surface area (Å²) in [5.74, 6) is 0.0987. The van der Waals surface area contributed by atoms with Gasteiger partial charge in [0.2, 0.25) is 5.91 Å². The molecule has 7 nitrogen and oxygen atoms in total. The predicted octanol–water partition coefficient (Wildman–Crippen LogP) is 3.25. The molecule has 1 unspecified atom stereocenters. The fourth-order valence-electron chi connectivity index (χ4n) is 5.31. The predicted molar refractivity (Wildman–Crippen MR) is 135 cm³/mol. The summed E-state index contributed by atoms with van der Waals surface area (Å²) in [5.41, 5.74) is 15.8. The van der Waals surface area contributed by atoms with Crippen LogP contribution in [0.4, 0.5) is 5.69 Å². The van der Waals surface area contributed by atoms with Crippen molar-refractivity contribution in [2.24, 2.45) is 16.6 Å². The van der Waals surface area contributed by atoms with Gasteiger partial charge in [0.05, 0.1) is 0 Å². The van der Waals surface area contributed by atoms with Crippen LogP contribution in [-0.4, -0.2) is 35.1 Å². The van der Waals surface area contributed by atoms with E-state index in [9.17, 15) is 10.0 Å². The maximum Gasteiger partial charge on any atom is 0.243 e. The molecule has 0 spiro atoms. The highest BCUT2D eigenvalue weighted by atomic mass is 16.4. The molecule has 3 aromatic rings. The second-order valence-electron chi connectivity index (χ2n) is 9.44. The van der Waals surface area contributed by atoms with Crippen molar-refractivity contribution in [1.82, 2.24) is 5.32 Å². The fraction of sp³-hybridized carbons (Fsp3) is 0.333. The minimum Gasteiger partial charge on any atom is -0.409 e. The molecule has 1 aliphatic carbocycles. The number of carbonyl (C=O) groups is 1. The summed E-state index contributed by atoms with van der Waals surface area (Å²) < 4.78 is 0. The number of hydrogen-bond donors (Lipinski definition) is 4. The lowest BCUT2D eigenvalue weighted by Gasteiger charge is -2.31. The molecular weight excluding hydrogens is 426 g/mol. The molecule has 176 valence electrons. The molecule has 1 fully saturated rings. The molecule has 0 saturated heterocycles. The molecule has 2 aliphatic rings. The first kappa shape index (κ1) is 22.2. The smallest absolute Gasteiger partial charge is 0.243 e. The Hall–Kier alpha value is -3.58. The van der Waals surface area contributed by atoms with E-state index in [1.807, 2.05) is 30.3 Å². The maximum absolute atomic E-state index is 13.5. The molecule has 5 rings (SSSR count). The third-order valence-corrected chi connectivity index (χ3v) is 7.23. The van der Waals surface area contributed by atoms with Crippen LogP contribution in [0, 0.1) is 0 Å². The lowest BCUT2D eigenvalue weighted by molar-refractivity contribution is -0.123. The van der Waals surface area contributed by atoms with Gasteiger partial charge in [-0.15, -0.1) is 0 Å². The van der Waals surface area contributed by atoms with E-state index in [4.69, 9.17) is 11.5 Å². The topological polar surface area (TPSA) is 117 Å². The van der Waals surface area contributed by atoms with Gasteiger partial charge in [0.15, 0.2) is 5.84 Å². The summed E-state index contributed by atoms with van der Waals surface area (Å²) in [5, 5.41) is 18.0. The van der Waals surface area contributed by atoms with Crippen LogP contribution >= 0.6 is 0 Å². The van der Waals surface area contributed by atoms with Gasteiger partial charge in [-0.25, -0.2) is 0 Å². The average molecular weight is 458 g/mol. The van der Waals surface area contributed by atoms with Crippen molar-refractivity contribution in [3.8, 4) is 0 Å². The number of amidine groups is 1. The quantitative estimate of drug-likeness (QED) is 0.203. The third-order valence-electron chi connectivity index (χ3n) is 7.23. The van der Waals surface area contributed by atoms with Crippen molar-refractivity contribution >= 4 is 28.2 Å². The van der Waals surface area contributed by atoms with Gasteiger partial charge in [-0.05, 0) is 53.6 Å². The van der Waals surface area contributed by atoms with Gasteiger partial charge in [0, 0.05) is 36.3 Å². The molecule has 1 amide bonds. The Morgan fingerprint density at radius 2 is 1.82 bits per heavy atom. The van der Waals surface area contributed by atoms with Crippen LogP contribution in [0.25, 0.3) is 10.8 Å². The number of oxime groups is 1. The Bertz CT molecular complexity index is 1230. The fourth-order valence-corrected chi connectivity index (χ4v) is 5.31. The van der Waals surface area contributed by atoms with E-state index in [2.05, 4.69) is 45.7 Å². The van der Waals surface area contributed by atoms with E-state index >= 15 is 0 Å². The second-order valence-corrected chi connectivity index (χ2v) is 9.44. The number of nitrogens with two attached hydrogens (primary N) is 2. The van der Waals surface area contributed by atoms with Crippen molar-refractivity contribution in [3.05, 3.63) is 77.4 Å². The SMILES string of the molecule is N/C(=N/O)c1ccc2c(c1)N(Cc1cccc3ccccc13)C(C(=O)NC1CCC(N)CC1)C2. The minimum atomic E-state index is -0.327. The van der Waals surface area contributed by atoms with Gasteiger partial charge >= 0.3 is 0 Å². The number of anilines is 1. The molecule has 3 aromatic carbocycles. The first-order chi connectivity index (χ1) is 16.5. The van der Waals surface area contributed by atoms with Crippen molar-refractivity contribution in [2.45, 2.75) is 56.8 Å². The molecule has 34 heavy (non-hydrogen) atoms. The molecule has 1 saturated carbocycles. The Kier molecular flexibility index (Phi) is 6.11. The van der Waals surface area contributed by atoms with Crippen molar-refractivity contribution in [1.29, 1.82) is 0 Å². The van der Waals surface area contributed by atoms with E-state index in [1.54, 1.807) is 0 Å². The molecule has 1 atom stereocenters. The largest absolute Gasteiger partial charge is 0.409 e. The lowest BCUT2D eigenvalue weighted by Crippen LogP contribution is -2.49. The number of benzene rings is 3. The number of carbonyl (C=O) groups excluding carboxylic acids is 1. The highest BCUT2D eigenvalue weighted by Crippen LogP contribution is 2.36. The standard InChI is InChI=1S/C27H31N5O2/c28-21-10-12-22(13-11-21)30-27(33)25-14-18-8-9-19(26(29)31-34)15-24(18)32(25)16-20-6-3-5-17-4-1-2-7-23(17)20/h1-9,15,21-22,25,34H,10-14,16,28H2,(H2,29,31)(H,30,33). The van der Waals surface area contributed by atoms with Gasteiger partial charge in [-0.3, -0.25) is 4.79 Å². The average Bonchev–Trinajstić information content (AvgIpc) is 3.23. The zero-order valence-corrected chi connectivity index (χ0v) is 19.2. The van der Waals surface area contributed by atoms with Crippen molar-refractivity contribution < 1.29 is 10.0 Å². The summed E-state index contributed by atoms with van der Waals surface area (Å²) in [6.07, 6.45) is 4.35. The number of nitrogens with one attached hydrogen (secondary N) is 1. The number of fused-ring (bicyclic) bond motifs is 2. The van der Waals surface area contributed by atoms with E-state index in [-0.39, 0.29) is 29.9 Å². The van der Waals surface area contributed by atoms with Crippen LogP contribution in [0.5, 0.6) is 0 Å². The molecule has 0 radical (unpaired) electrons. The molecule has 7 heteroatoms. The Morgan fingerprint density at radius 1 is 1.06 bits per heavy atom. The number of rotatable bonds is 5. The van der Waals surface area contributed by atoms with Crippen LogP contribution in [0.2, 0.25) is 0 Å². The van der Waals surface area contributed by atoms with E-state index in [0.717, 1.165) is 42.5 Å². The van der Waals surface area contributed by atoms with E-state index in [0.29, 0.717) is 18.5 Å². The Morgan fingerprint density at radius 3 is 2.62 bits per heavy atom. The summed E-state index contributed by atoms with van der Waals surface area (Å²) in [4.78, 5) is 15.7. The monoisotopic (exact) mass is 457 g/mol. The summed E-state index contributed by atoms with van der Waals surface area (Å²) in [6.45, 7) is 0.585. The minimum absolute atomic E-state index is 0.0438. The van der Waals surface area contributed by atoms with Gasteiger partial charge < -0.3 is 26.9 Å². The molecule has 0 bridgehead atoms. The summed E-state index contributed by atoms with van der Waals surface area (Å²) in [6, 6.07) is 20.4. The van der Waals surface area contributed by atoms with Crippen LogP contribution in [0.15, 0.2) is 65.8 Å². The first-order valence-electron chi connectivity index (χ1n) is 11.9. The van der Waals surface area contributed by atoms with Gasteiger partial charge in [0.25, 0.3) is 0 Å². The van der Waals surface area contributed by atoms with Crippen LogP contribution < -0.4 is 21.7 Å². The normalized spacial score (nSPS) is 22.6. The number of nitrogens with zero attached hydrogens (tertiary/aromatic N) is 2. The second kappa shape index (κ2) is 9.35. The Labute approximate surface area is 199 Å². The first-order valence-corrected chi connectivity index (χ1v) is 11.9. The molecular formula is C27H31N5O2. The maximum atomic E-state index is 13.5. The van der Waals surface area contributed by atoms with E-state index < -0.39 is 0 Å². The van der Waals surface area contributed by atoms with Crippen LogP contribution in [-0.2, 0) is 17.8 Å². The van der Waals surface area contributed by atoms with Gasteiger partial charge in [-0.1, -0.05) is 59.8 Å². The lowest BCUT2D eigenvalue weighted by atomic mass is 9.91. The molecule has 6 N–H and O–H groups in total. The molecule has 0 aromatic heterocycles. The Balaban J connectivity index is 1.48. The highest BCUT2D eigenvalue weighted by Gasteiger charge is 2.36. The number of amides is 1. The summed E-state index contributed by atoms with van der Waals surface area (Å²) >= 11 is 0. The van der Waals surface area contributed by atoms with Gasteiger partial charge in [0.1, 0.15) is 6.04 Å². The van der Waals surface area contributed by atoms with Gasteiger partial charge in [-0.2, -0.15) is 0 Å². The van der Waals surface area contributed by atoms with Crippen molar-refractivity contribution in [2.75, 3.05) is 4.90 Å². The number of hydrogen-bond acceptors (Lipinski definition) is 5. The molecule has 1 heterocycles. The zero-order chi connectivity index (χ0) is 23.7.